The standard InChI is InChI=1S/C13H12N4O2/c14-10-7-15-12(9-4-2-1-3-8(9)10)17-6-5-11(18)16-13(17)19/h1-4,7H,5-6,14H2,(H,16,18,19). The van der Waals surface area contributed by atoms with Crippen molar-refractivity contribution in [3.05, 3.63) is 30.5 Å². The van der Waals surface area contributed by atoms with Crippen molar-refractivity contribution in [2.75, 3.05) is 17.2 Å². The van der Waals surface area contributed by atoms with E-state index in [2.05, 4.69) is 10.3 Å². The number of nitrogens with one attached hydrogen (secondary N) is 1. The molecule has 1 aliphatic rings. The highest BCUT2D eigenvalue weighted by Gasteiger charge is 2.26. The lowest BCUT2D eigenvalue weighted by Crippen LogP contribution is -2.50. The Kier molecular flexibility index (Phi) is 2.56. The number of pyridine rings is 1. The first-order chi connectivity index (χ1) is 9.16. The smallest absolute Gasteiger partial charge is 0.329 e. The predicted octanol–water partition coefficient (Wildman–Crippen LogP) is 1.26. The first-order valence-corrected chi connectivity index (χ1v) is 5.91. The first-order valence-electron chi connectivity index (χ1n) is 5.91. The van der Waals surface area contributed by atoms with Crippen LogP contribution in [0.2, 0.25) is 0 Å². The minimum Gasteiger partial charge on any atom is -0.397 e. The number of carbonyl (C=O) groups is 2. The summed E-state index contributed by atoms with van der Waals surface area (Å²) in [7, 11) is 0. The Balaban J connectivity index is 2.13. The lowest BCUT2D eigenvalue weighted by Gasteiger charge is -2.26. The third-order valence-electron chi connectivity index (χ3n) is 3.11. The van der Waals surface area contributed by atoms with Crippen molar-refractivity contribution < 1.29 is 9.59 Å². The Bertz CT molecular complexity index is 683. The van der Waals surface area contributed by atoms with Crippen LogP contribution in [0, 0.1) is 0 Å². The van der Waals surface area contributed by atoms with Gasteiger partial charge in [-0.05, 0) is 0 Å². The number of hydrogen-bond donors (Lipinski definition) is 2. The molecule has 0 atom stereocenters. The molecule has 3 amide bonds. The van der Waals surface area contributed by atoms with Gasteiger partial charge in [0.2, 0.25) is 5.91 Å². The van der Waals surface area contributed by atoms with E-state index in [1.165, 1.54) is 11.1 Å². The maximum Gasteiger partial charge on any atom is 0.329 e. The minimum atomic E-state index is -0.446. The van der Waals surface area contributed by atoms with Gasteiger partial charge in [0.1, 0.15) is 5.82 Å². The van der Waals surface area contributed by atoms with E-state index >= 15 is 0 Å². The summed E-state index contributed by atoms with van der Waals surface area (Å²) in [6, 6.07) is 7.03. The van der Waals surface area contributed by atoms with Crippen molar-refractivity contribution in [1.29, 1.82) is 0 Å². The number of nitrogens with zero attached hydrogens (tertiary/aromatic N) is 2. The number of rotatable bonds is 1. The molecule has 96 valence electrons. The largest absolute Gasteiger partial charge is 0.397 e. The first kappa shape index (κ1) is 11.5. The molecule has 1 fully saturated rings. The molecule has 3 rings (SSSR count). The summed E-state index contributed by atoms with van der Waals surface area (Å²) >= 11 is 0. The van der Waals surface area contributed by atoms with Crippen molar-refractivity contribution in [2.45, 2.75) is 6.42 Å². The molecule has 0 radical (unpaired) electrons. The minimum absolute atomic E-state index is 0.263. The van der Waals surface area contributed by atoms with Crippen molar-refractivity contribution >= 4 is 34.2 Å². The highest BCUT2D eigenvalue weighted by molar-refractivity contribution is 6.10. The van der Waals surface area contributed by atoms with Crippen LogP contribution >= 0.6 is 0 Å². The van der Waals surface area contributed by atoms with Crippen molar-refractivity contribution in [3.63, 3.8) is 0 Å². The summed E-state index contributed by atoms with van der Waals surface area (Å²) < 4.78 is 0. The van der Waals surface area contributed by atoms with Gasteiger partial charge in [-0.2, -0.15) is 0 Å². The zero-order valence-corrected chi connectivity index (χ0v) is 10.1. The molecule has 1 saturated heterocycles. The normalized spacial score (nSPS) is 15.7. The molecule has 1 aromatic heterocycles. The van der Waals surface area contributed by atoms with E-state index < -0.39 is 6.03 Å². The van der Waals surface area contributed by atoms with Crippen LogP contribution in [-0.4, -0.2) is 23.5 Å². The zero-order chi connectivity index (χ0) is 13.4. The Morgan fingerprint density at radius 3 is 2.68 bits per heavy atom. The van der Waals surface area contributed by atoms with Gasteiger partial charge in [-0.25, -0.2) is 9.78 Å². The number of nitrogens with two attached hydrogens (primary N) is 1. The number of urea groups is 1. The Morgan fingerprint density at radius 1 is 1.21 bits per heavy atom. The van der Waals surface area contributed by atoms with Gasteiger partial charge in [-0.15, -0.1) is 0 Å². The van der Waals surface area contributed by atoms with Crippen LogP contribution in [0.25, 0.3) is 10.8 Å². The van der Waals surface area contributed by atoms with Crippen LogP contribution in [0.4, 0.5) is 16.3 Å². The molecule has 0 saturated carbocycles. The number of anilines is 2. The van der Waals surface area contributed by atoms with E-state index in [0.29, 0.717) is 18.1 Å². The van der Waals surface area contributed by atoms with Crippen LogP contribution in [0.1, 0.15) is 6.42 Å². The second kappa shape index (κ2) is 4.24. The lowest BCUT2D eigenvalue weighted by molar-refractivity contribution is -0.120. The fourth-order valence-corrected chi connectivity index (χ4v) is 2.18. The molecule has 0 bridgehead atoms. The molecule has 6 heteroatoms. The van der Waals surface area contributed by atoms with Gasteiger partial charge in [0, 0.05) is 23.7 Å². The lowest BCUT2D eigenvalue weighted by atomic mass is 10.1. The van der Waals surface area contributed by atoms with Crippen LogP contribution < -0.4 is 16.0 Å². The molecule has 19 heavy (non-hydrogen) atoms. The van der Waals surface area contributed by atoms with E-state index in [0.717, 1.165) is 10.8 Å². The van der Waals surface area contributed by atoms with Crippen LogP contribution in [-0.2, 0) is 4.79 Å². The van der Waals surface area contributed by atoms with Gasteiger partial charge in [-0.1, -0.05) is 24.3 Å². The molecule has 3 N–H and O–H groups in total. The van der Waals surface area contributed by atoms with E-state index in [1.54, 1.807) is 0 Å². The molecule has 0 spiro atoms. The number of benzene rings is 1. The number of carbonyl (C=O) groups excluding carboxylic acids is 2. The summed E-state index contributed by atoms with van der Waals surface area (Å²) in [6.45, 7) is 0.325. The number of hydrogen-bond acceptors (Lipinski definition) is 4. The summed E-state index contributed by atoms with van der Waals surface area (Å²) in [6.07, 6.45) is 1.80. The van der Waals surface area contributed by atoms with Gasteiger partial charge in [0.15, 0.2) is 0 Å². The van der Waals surface area contributed by atoms with Gasteiger partial charge in [-0.3, -0.25) is 15.0 Å². The maximum absolute atomic E-state index is 11.9. The van der Waals surface area contributed by atoms with Gasteiger partial charge < -0.3 is 5.73 Å². The number of amides is 3. The summed E-state index contributed by atoms with van der Waals surface area (Å²) in [4.78, 5) is 28.7. The summed E-state index contributed by atoms with van der Waals surface area (Å²) in [5.74, 6) is 0.260. The summed E-state index contributed by atoms with van der Waals surface area (Å²) in [5, 5.41) is 3.93. The van der Waals surface area contributed by atoms with Gasteiger partial charge in [0.25, 0.3) is 0 Å². The third-order valence-corrected chi connectivity index (χ3v) is 3.11. The number of aromatic nitrogens is 1. The molecule has 0 aliphatic carbocycles. The molecule has 1 aliphatic heterocycles. The average Bonchev–Trinajstić information content (AvgIpc) is 2.41. The quantitative estimate of drug-likeness (QED) is 0.804. The second-order valence-electron chi connectivity index (χ2n) is 4.34. The monoisotopic (exact) mass is 256 g/mol. The molecule has 0 unspecified atom stereocenters. The molecular formula is C13H12N4O2. The second-order valence-corrected chi connectivity index (χ2v) is 4.34. The Labute approximate surface area is 109 Å². The molecule has 2 heterocycles. The van der Waals surface area contributed by atoms with Crippen molar-refractivity contribution in [1.82, 2.24) is 10.3 Å². The average molecular weight is 256 g/mol. The van der Waals surface area contributed by atoms with E-state index in [9.17, 15) is 9.59 Å². The summed E-state index contributed by atoms with van der Waals surface area (Å²) in [5.41, 5.74) is 6.44. The Morgan fingerprint density at radius 2 is 1.95 bits per heavy atom. The number of fused-ring (bicyclic) bond motifs is 1. The number of imide groups is 1. The fraction of sp³-hybridized carbons (Fsp3) is 0.154. The third kappa shape index (κ3) is 1.87. The van der Waals surface area contributed by atoms with Crippen molar-refractivity contribution in [3.8, 4) is 0 Å². The number of nitrogen functional groups attached to an aromatic ring is 1. The van der Waals surface area contributed by atoms with Crippen LogP contribution in [0.5, 0.6) is 0 Å². The van der Waals surface area contributed by atoms with Crippen LogP contribution in [0.15, 0.2) is 30.5 Å². The topological polar surface area (TPSA) is 88.3 Å². The van der Waals surface area contributed by atoms with E-state index in [-0.39, 0.29) is 12.3 Å². The van der Waals surface area contributed by atoms with Gasteiger partial charge >= 0.3 is 6.03 Å². The molecule has 6 nitrogen and oxygen atoms in total. The van der Waals surface area contributed by atoms with E-state index in [4.69, 9.17) is 5.73 Å². The fourth-order valence-electron chi connectivity index (χ4n) is 2.18. The zero-order valence-electron chi connectivity index (χ0n) is 10.1. The highest BCUT2D eigenvalue weighted by Crippen LogP contribution is 2.29. The highest BCUT2D eigenvalue weighted by atomic mass is 16.2. The molecule has 2 aromatic rings. The van der Waals surface area contributed by atoms with Gasteiger partial charge in [0.05, 0.1) is 11.9 Å². The van der Waals surface area contributed by atoms with E-state index in [1.807, 2.05) is 24.3 Å². The van der Waals surface area contributed by atoms with Crippen molar-refractivity contribution in [2.24, 2.45) is 0 Å². The molecule has 1 aromatic carbocycles. The maximum atomic E-state index is 11.9. The van der Waals surface area contributed by atoms with Crippen LogP contribution in [0.3, 0.4) is 0 Å². The SMILES string of the molecule is Nc1cnc(N2CCC(=O)NC2=O)c2ccccc12. The predicted molar refractivity (Wildman–Crippen MR) is 71.7 cm³/mol. The molecular weight excluding hydrogens is 244 g/mol. The Hall–Kier alpha value is -2.63.